The number of nitro groups is 1. The summed E-state index contributed by atoms with van der Waals surface area (Å²) in [6.45, 7) is 5.40. The summed E-state index contributed by atoms with van der Waals surface area (Å²) in [5.41, 5.74) is 4.34. The number of carbonyl (C=O) groups is 2. The maximum Gasteiger partial charge on any atom is 0.308 e. The fraction of sp³-hybridized carbons (Fsp3) is 0.269. The molecule has 7 heteroatoms. The predicted molar refractivity (Wildman–Crippen MR) is 123 cm³/mol. The Hall–Kier alpha value is -3.87. The highest BCUT2D eigenvalue weighted by Gasteiger charge is 2.46. The van der Waals surface area contributed by atoms with E-state index in [0.29, 0.717) is 46.7 Å². The van der Waals surface area contributed by atoms with Crippen LogP contribution in [0.4, 0.5) is 5.69 Å². The smallest absolute Gasteiger partial charge is 0.308 e. The van der Waals surface area contributed by atoms with Gasteiger partial charge in [0.2, 0.25) is 0 Å². The molecular formula is C26H22N2O5. The van der Waals surface area contributed by atoms with E-state index in [-0.39, 0.29) is 16.9 Å². The van der Waals surface area contributed by atoms with Gasteiger partial charge in [-0.2, -0.15) is 0 Å². The second-order valence-electron chi connectivity index (χ2n) is 9.43. The highest BCUT2D eigenvalue weighted by molar-refractivity contribution is 6.26. The molecule has 2 aromatic carbocycles. The van der Waals surface area contributed by atoms with Gasteiger partial charge in [-0.1, -0.05) is 50.2 Å². The quantitative estimate of drug-likeness (QED) is 0.374. The molecule has 5 rings (SSSR count). The molecule has 0 unspecified atom stereocenters. The Morgan fingerprint density at radius 2 is 1.82 bits per heavy atom. The number of allylic oxidation sites excluding steroid dienone is 3. The first-order chi connectivity index (χ1) is 15.7. The number of aliphatic imine (C=N–C) groups is 1. The molecule has 0 aromatic heterocycles. The van der Waals surface area contributed by atoms with Crippen molar-refractivity contribution in [1.29, 1.82) is 0 Å². The van der Waals surface area contributed by atoms with Crippen LogP contribution in [0.1, 0.15) is 56.2 Å². The Morgan fingerprint density at radius 1 is 1.09 bits per heavy atom. The highest BCUT2D eigenvalue weighted by atomic mass is 16.6. The zero-order valence-electron chi connectivity index (χ0n) is 18.5. The Labute approximate surface area is 190 Å². The Balaban J connectivity index is 1.83. The molecule has 0 radical (unpaired) electrons. The molecule has 0 amide bonds. The number of hydrogen-bond acceptors (Lipinski definition) is 6. The van der Waals surface area contributed by atoms with Crippen LogP contribution in [0, 0.1) is 15.5 Å². The van der Waals surface area contributed by atoms with Crippen LogP contribution in [0.25, 0.3) is 5.76 Å². The number of nitro benzene ring substituents is 1. The molecule has 1 heterocycles. The van der Waals surface area contributed by atoms with Crippen molar-refractivity contribution in [3.8, 4) is 0 Å². The molecule has 1 aliphatic heterocycles. The summed E-state index contributed by atoms with van der Waals surface area (Å²) in [5, 5.41) is 11.5. The third-order valence-corrected chi connectivity index (χ3v) is 6.31. The number of benzene rings is 2. The van der Waals surface area contributed by atoms with Gasteiger partial charge in [0.05, 0.1) is 10.6 Å². The summed E-state index contributed by atoms with van der Waals surface area (Å²) in [6.07, 6.45) is 0.965. The largest absolute Gasteiger partial charge is 0.426 e. The molecule has 0 N–H and O–H groups in total. The summed E-state index contributed by atoms with van der Waals surface area (Å²) >= 11 is 0. The first kappa shape index (κ1) is 21.0. The van der Waals surface area contributed by atoms with Crippen LogP contribution in [-0.4, -0.2) is 22.4 Å². The van der Waals surface area contributed by atoms with E-state index in [1.165, 1.54) is 19.1 Å². The van der Waals surface area contributed by atoms with Gasteiger partial charge < -0.3 is 4.74 Å². The molecule has 0 saturated heterocycles. The molecule has 2 aliphatic carbocycles. The topological polar surface area (TPSA) is 98.9 Å². The van der Waals surface area contributed by atoms with Crippen molar-refractivity contribution in [2.45, 2.75) is 39.5 Å². The summed E-state index contributed by atoms with van der Waals surface area (Å²) in [7, 11) is 0. The second-order valence-corrected chi connectivity index (χ2v) is 9.43. The van der Waals surface area contributed by atoms with E-state index in [4.69, 9.17) is 9.73 Å². The molecule has 3 aliphatic rings. The van der Waals surface area contributed by atoms with Crippen molar-refractivity contribution in [2.75, 3.05) is 0 Å². The Morgan fingerprint density at radius 3 is 2.52 bits per heavy atom. The third-order valence-electron chi connectivity index (χ3n) is 6.31. The summed E-state index contributed by atoms with van der Waals surface area (Å²) in [5.74, 6) is -0.774. The monoisotopic (exact) mass is 442 g/mol. The number of rotatable bonds is 3. The standard InChI is InChI=1S/C26H22N2O5/c1-14(29)33-25-18-10-5-4-9-17(18)24-23(25)21(15-7-6-8-16(11-15)28(31)32)22-19(27-24)12-26(2,3)13-20(22)30/h4-11,21H,12-13H2,1-3H3/t21-/m0/s1. The van der Waals surface area contributed by atoms with E-state index in [1.807, 2.05) is 38.1 Å². The summed E-state index contributed by atoms with van der Waals surface area (Å²) < 4.78 is 5.68. The average Bonchev–Trinajstić information content (AvgIpc) is 3.04. The SMILES string of the molecule is CC(=O)OC1=C2C(=NC3=C(C(=O)CC(C)(C)C3)[C@@H]2c2cccc([N+](=O)[O-])c2)c2ccccc21. The van der Waals surface area contributed by atoms with Crippen molar-refractivity contribution >= 4 is 28.9 Å². The lowest BCUT2D eigenvalue weighted by Gasteiger charge is -2.37. The summed E-state index contributed by atoms with van der Waals surface area (Å²) in [6, 6.07) is 13.8. The van der Waals surface area contributed by atoms with Gasteiger partial charge in [0.25, 0.3) is 5.69 Å². The van der Waals surface area contributed by atoms with Crippen molar-refractivity contribution in [3.63, 3.8) is 0 Å². The third kappa shape index (κ3) is 3.40. The maximum atomic E-state index is 13.4. The Kier molecular flexibility index (Phi) is 4.67. The van der Waals surface area contributed by atoms with Gasteiger partial charge >= 0.3 is 5.97 Å². The molecule has 166 valence electrons. The van der Waals surface area contributed by atoms with Gasteiger partial charge in [-0.25, -0.2) is 0 Å². The van der Waals surface area contributed by atoms with Gasteiger partial charge in [-0.15, -0.1) is 0 Å². The molecule has 2 aromatic rings. The number of nitrogens with zero attached hydrogens (tertiary/aromatic N) is 2. The lowest BCUT2D eigenvalue weighted by Crippen LogP contribution is -2.32. The van der Waals surface area contributed by atoms with Crippen LogP contribution in [0.5, 0.6) is 0 Å². The molecular weight excluding hydrogens is 420 g/mol. The second kappa shape index (κ2) is 7.33. The van der Waals surface area contributed by atoms with E-state index in [2.05, 4.69) is 0 Å². The van der Waals surface area contributed by atoms with Crippen molar-refractivity contribution in [3.05, 3.63) is 92.2 Å². The lowest BCUT2D eigenvalue weighted by atomic mass is 9.68. The van der Waals surface area contributed by atoms with Crippen molar-refractivity contribution < 1.29 is 19.2 Å². The number of ketones is 1. The first-order valence-electron chi connectivity index (χ1n) is 10.8. The van der Waals surface area contributed by atoms with Crippen molar-refractivity contribution in [1.82, 2.24) is 0 Å². The van der Waals surface area contributed by atoms with E-state index in [1.54, 1.807) is 12.1 Å². The number of fused-ring (bicyclic) bond motifs is 3. The minimum atomic E-state index is -0.613. The molecule has 0 saturated carbocycles. The minimum Gasteiger partial charge on any atom is -0.426 e. The number of carbonyl (C=O) groups excluding carboxylic acids is 2. The van der Waals surface area contributed by atoms with Gasteiger partial charge in [0, 0.05) is 59.4 Å². The van der Waals surface area contributed by atoms with Crippen LogP contribution in [-0.2, 0) is 14.3 Å². The van der Waals surface area contributed by atoms with Gasteiger partial charge in [-0.05, 0) is 17.4 Å². The van der Waals surface area contributed by atoms with Gasteiger partial charge in [-0.3, -0.25) is 24.7 Å². The lowest BCUT2D eigenvalue weighted by molar-refractivity contribution is -0.384. The van der Waals surface area contributed by atoms with Crippen LogP contribution in [0.3, 0.4) is 0 Å². The van der Waals surface area contributed by atoms with Crippen LogP contribution < -0.4 is 0 Å². The van der Waals surface area contributed by atoms with E-state index in [9.17, 15) is 19.7 Å². The fourth-order valence-electron chi connectivity index (χ4n) is 5.09. The van der Waals surface area contributed by atoms with Gasteiger partial charge in [0.15, 0.2) is 5.78 Å². The summed E-state index contributed by atoms with van der Waals surface area (Å²) in [4.78, 5) is 41.5. The number of Topliss-reactive ketones (excluding diaryl/α,β-unsaturated/α-hetero) is 1. The molecule has 1 atom stereocenters. The normalized spacial score (nSPS) is 20.6. The predicted octanol–water partition coefficient (Wildman–Crippen LogP) is 5.11. The molecule has 0 spiro atoms. The zero-order chi connectivity index (χ0) is 23.5. The highest BCUT2D eigenvalue weighted by Crippen LogP contribution is 2.52. The minimum absolute atomic E-state index is 0.0359. The van der Waals surface area contributed by atoms with Crippen LogP contribution in [0.2, 0.25) is 0 Å². The fourth-order valence-corrected chi connectivity index (χ4v) is 5.09. The van der Waals surface area contributed by atoms with E-state index in [0.717, 1.165) is 11.1 Å². The van der Waals surface area contributed by atoms with Crippen molar-refractivity contribution in [2.24, 2.45) is 10.4 Å². The molecule has 33 heavy (non-hydrogen) atoms. The first-order valence-corrected chi connectivity index (χ1v) is 10.8. The molecule has 0 bridgehead atoms. The van der Waals surface area contributed by atoms with E-state index < -0.39 is 16.8 Å². The number of esters is 1. The zero-order valence-corrected chi connectivity index (χ0v) is 18.5. The number of ether oxygens (including phenoxy) is 1. The average molecular weight is 442 g/mol. The number of non-ortho nitro benzene ring substituents is 1. The number of hydrogen-bond donors (Lipinski definition) is 0. The molecule has 7 nitrogen and oxygen atoms in total. The van der Waals surface area contributed by atoms with Gasteiger partial charge in [0.1, 0.15) is 5.76 Å². The van der Waals surface area contributed by atoms with E-state index >= 15 is 0 Å². The van der Waals surface area contributed by atoms with Crippen LogP contribution >= 0.6 is 0 Å². The Bertz CT molecular complexity index is 1350. The molecule has 0 fully saturated rings. The van der Waals surface area contributed by atoms with Crippen LogP contribution in [0.15, 0.2) is 70.4 Å². The maximum absolute atomic E-state index is 13.4.